The minimum absolute atomic E-state index is 0. The standard InChI is InChI=1S/C12H20N6O3S.ClH/c1-8(2)22-18(7-10(19)9-5-4-6-13-9)12(20)21-11-14-15-16-17(11)3;/h8-9,13H,4-7H2,1-3H3;1H/t9-;/m0./s1. The van der Waals surface area contributed by atoms with E-state index in [2.05, 4.69) is 20.8 Å². The van der Waals surface area contributed by atoms with E-state index in [9.17, 15) is 9.59 Å². The van der Waals surface area contributed by atoms with Gasteiger partial charge in [0.05, 0.1) is 12.6 Å². The van der Waals surface area contributed by atoms with Gasteiger partial charge in [0.1, 0.15) is 0 Å². The third-order valence-corrected chi connectivity index (χ3v) is 4.00. The Hall–Kier alpha value is -1.39. The predicted octanol–water partition coefficient (Wildman–Crippen LogP) is 0.810. The van der Waals surface area contributed by atoms with E-state index in [-0.39, 0.29) is 42.0 Å². The molecule has 130 valence electrons. The van der Waals surface area contributed by atoms with E-state index in [1.165, 1.54) is 20.9 Å². The normalized spacial score (nSPS) is 17.0. The molecule has 1 aromatic rings. The number of tetrazole rings is 1. The lowest BCUT2D eigenvalue weighted by atomic mass is 10.1. The summed E-state index contributed by atoms with van der Waals surface area (Å²) in [6, 6.07) is -0.189. The van der Waals surface area contributed by atoms with E-state index in [1.54, 1.807) is 7.05 Å². The topological polar surface area (TPSA) is 102 Å². The third kappa shape index (κ3) is 5.63. The molecule has 0 aliphatic carbocycles. The van der Waals surface area contributed by atoms with Crippen LogP contribution in [0.5, 0.6) is 6.01 Å². The third-order valence-electron chi connectivity index (χ3n) is 3.05. The maximum absolute atomic E-state index is 12.3. The van der Waals surface area contributed by atoms with Crippen LogP contribution in [0.25, 0.3) is 0 Å². The number of nitrogens with zero attached hydrogens (tertiary/aromatic N) is 5. The predicted molar refractivity (Wildman–Crippen MR) is 87.5 cm³/mol. The maximum Gasteiger partial charge on any atom is 0.428 e. The highest BCUT2D eigenvalue weighted by atomic mass is 35.5. The fourth-order valence-electron chi connectivity index (χ4n) is 2.05. The molecule has 9 nitrogen and oxygen atoms in total. The number of hydrogen-bond donors (Lipinski definition) is 1. The van der Waals surface area contributed by atoms with Crippen LogP contribution in [-0.2, 0) is 11.8 Å². The van der Waals surface area contributed by atoms with Crippen LogP contribution in [0.2, 0.25) is 0 Å². The van der Waals surface area contributed by atoms with E-state index in [1.807, 2.05) is 13.8 Å². The molecule has 11 heteroatoms. The Morgan fingerprint density at radius 1 is 1.52 bits per heavy atom. The number of ether oxygens (including phenoxy) is 1. The summed E-state index contributed by atoms with van der Waals surface area (Å²) in [6.07, 6.45) is 1.13. The van der Waals surface area contributed by atoms with Gasteiger partial charge in [0.15, 0.2) is 5.78 Å². The Labute approximate surface area is 145 Å². The first kappa shape index (κ1) is 19.7. The number of carbonyl (C=O) groups is 2. The molecule has 1 atom stereocenters. The van der Waals surface area contributed by atoms with Crippen molar-refractivity contribution >= 4 is 36.2 Å². The smallest absolute Gasteiger partial charge is 0.372 e. The summed E-state index contributed by atoms with van der Waals surface area (Å²) in [4.78, 5) is 24.5. The van der Waals surface area contributed by atoms with Crippen LogP contribution < -0.4 is 10.1 Å². The molecule has 1 aromatic heterocycles. The fraction of sp³-hybridized carbons (Fsp3) is 0.750. The van der Waals surface area contributed by atoms with Crippen LogP contribution in [0.3, 0.4) is 0 Å². The fourth-order valence-corrected chi connectivity index (χ4v) is 2.88. The minimum atomic E-state index is -0.650. The average molecular weight is 365 g/mol. The highest BCUT2D eigenvalue weighted by Gasteiger charge is 2.28. The first-order chi connectivity index (χ1) is 10.5. The number of aryl methyl sites for hydroxylation is 1. The second kappa shape index (κ2) is 9.04. The summed E-state index contributed by atoms with van der Waals surface area (Å²) in [5, 5.41) is 13.9. The van der Waals surface area contributed by atoms with Gasteiger partial charge in [-0.1, -0.05) is 18.9 Å². The Balaban J connectivity index is 0.00000264. The number of amides is 1. The van der Waals surface area contributed by atoms with Crippen LogP contribution in [0.4, 0.5) is 4.79 Å². The van der Waals surface area contributed by atoms with Crippen molar-refractivity contribution in [1.29, 1.82) is 0 Å². The lowest BCUT2D eigenvalue weighted by molar-refractivity contribution is -0.120. The van der Waals surface area contributed by atoms with Crippen molar-refractivity contribution in [2.75, 3.05) is 13.1 Å². The van der Waals surface area contributed by atoms with Gasteiger partial charge in [-0.3, -0.25) is 4.79 Å². The molecule has 0 spiro atoms. The highest BCUT2D eigenvalue weighted by molar-refractivity contribution is 7.98. The van der Waals surface area contributed by atoms with Crippen LogP contribution in [0, 0.1) is 0 Å². The van der Waals surface area contributed by atoms with Crippen LogP contribution in [0.1, 0.15) is 26.7 Å². The zero-order valence-electron chi connectivity index (χ0n) is 13.3. The number of carbonyl (C=O) groups excluding carboxylic acids is 2. The van der Waals surface area contributed by atoms with Crippen LogP contribution in [-0.4, -0.2) is 60.8 Å². The minimum Gasteiger partial charge on any atom is -0.372 e. The zero-order valence-corrected chi connectivity index (χ0v) is 14.9. The maximum atomic E-state index is 12.3. The molecule has 2 rings (SSSR count). The second-order valence-electron chi connectivity index (χ2n) is 5.26. The van der Waals surface area contributed by atoms with Gasteiger partial charge in [-0.2, -0.15) is 4.68 Å². The molecule has 0 unspecified atom stereocenters. The first-order valence-corrected chi connectivity index (χ1v) is 7.95. The number of nitrogens with one attached hydrogen (secondary N) is 1. The van der Waals surface area contributed by atoms with Gasteiger partial charge in [0, 0.05) is 12.3 Å². The molecule has 1 aliphatic heterocycles. The molecule has 23 heavy (non-hydrogen) atoms. The van der Waals surface area contributed by atoms with Crippen molar-refractivity contribution in [2.45, 2.75) is 38.0 Å². The van der Waals surface area contributed by atoms with Gasteiger partial charge >= 0.3 is 12.1 Å². The number of halogens is 1. The van der Waals surface area contributed by atoms with E-state index >= 15 is 0 Å². The Morgan fingerprint density at radius 3 is 2.78 bits per heavy atom. The zero-order chi connectivity index (χ0) is 16.1. The Morgan fingerprint density at radius 2 is 2.26 bits per heavy atom. The summed E-state index contributed by atoms with van der Waals surface area (Å²) in [5.74, 6) is -0.0151. The van der Waals surface area contributed by atoms with Crippen molar-refractivity contribution in [3.05, 3.63) is 0 Å². The van der Waals surface area contributed by atoms with E-state index in [0.717, 1.165) is 19.4 Å². The van der Waals surface area contributed by atoms with Crippen LogP contribution in [0.15, 0.2) is 0 Å². The number of rotatable bonds is 6. The molecule has 1 aliphatic rings. The first-order valence-electron chi connectivity index (χ1n) is 7.12. The van der Waals surface area contributed by atoms with Crippen molar-refractivity contribution < 1.29 is 14.3 Å². The summed E-state index contributed by atoms with van der Waals surface area (Å²) < 4.78 is 7.70. The molecule has 1 fully saturated rings. The monoisotopic (exact) mass is 364 g/mol. The average Bonchev–Trinajstić information content (AvgIpc) is 3.10. The highest BCUT2D eigenvalue weighted by Crippen LogP contribution is 2.19. The van der Waals surface area contributed by atoms with E-state index < -0.39 is 6.09 Å². The van der Waals surface area contributed by atoms with Gasteiger partial charge in [-0.25, -0.2) is 9.10 Å². The lowest BCUT2D eigenvalue weighted by Crippen LogP contribution is -2.41. The van der Waals surface area contributed by atoms with Crippen molar-refractivity contribution in [3.8, 4) is 6.01 Å². The molecule has 1 N–H and O–H groups in total. The SMILES string of the molecule is CC(C)SN(CC(=O)[C@@H]1CCCN1)C(=O)Oc1nnnn1C.Cl. The van der Waals surface area contributed by atoms with Crippen molar-refractivity contribution in [3.63, 3.8) is 0 Å². The van der Waals surface area contributed by atoms with Crippen LogP contribution >= 0.6 is 24.4 Å². The summed E-state index contributed by atoms with van der Waals surface area (Å²) in [7, 11) is 1.57. The molecule has 1 amide bonds. The van der Waals surface area contributed by atoms with E-state index in [0.29, 0.717) is 0 Å². The summed E-state index contributed by atoms with van der Waals surface area (Å²) >= 11 is 1.25. The van der Waals surface area contributed by atoms with Gasteiger partial charge < -0.3 is 10.1 Å². The summed E-state index contributed by atoms with van der Waals surface area (Å²) in [6.45, 7) is 4.70. The molecule has 0 bridgehead atoms. The number of aromatic nitrogens is 4. The Bertz CT molecular complexity index is 535. The largest absolute Gasteiger partial charge is 0.428 e. The second-order valence-corrected chi connectivity index (χ2v) is 6.85. The summed E-state index contributed by atoms with van der Waals surface area (Å²) in [5.41, 5.74) is 0. The molecular weight excluding hydrogens is 344 g/mol. The number of Topliss-reactive ketones (excluding diaryl/α,β-unsaturated/α-hetero) is 1. The van der Waals surface area contributed by atoms with E-state index in [4.69, 9.17) is 4.74 Å². The Kier molecular flexibility index (Phi) is 7.73. The molecule has 0 saturated carbocycles. The van der Waals surface area contributed by atoms with Crippen molar-refractivity contribution in [2.24, 2.45) is 7.05 Å². The number of hydrogen-bond acceptors (Lipinski definition) is 8. The van der Waals surface area contributed by atoms with Gasteiger partial charge in [-0.05, 0) is 41.8 Å². The quantitative estimate of drug-likeness (QED) is 0.740. The molecule has 1 saturated heterocycles. The van der Waals surface area contributed by atoms with Crippen molar-refractivity contribution in [1.82, 2.24) is 29.8 Å². The molecule has 0 radical (unpaired) electrons. The molecule has 0 aromatic carbocycles. The molecule has 2 heterocycles. The molecular formula is C12H21ClN6O3S. The van der Waals surface area contributed by atoms with Gasteiger partial charge in [0.2, 0.25) is 0 Å². The van der Waals surface area contributed by atoms with Gasteiger partial charge in [-0.15, -0.1) is 12.4 Å². The number of ketones is 1. The van der Waals surface area contributed by atoms with Gasteiger partial charge in [0.25, 0.3) is 0 Å². The lowest BCUT2D eigenvalue weighted by Gasteiger charge is -2.22.